The molecule has 1 unspecified atom stereocenters. The predicted octanol–water partition coefficient (Wildman–Crippen LogP) is 2.03. The first-order valence-corrected chi connectivity index (χ1v) is 8.06. The number of carbonyl (C=O) groups is 2. The maximum atomic E-state index is 12.3. The largest absolute Gasteiger partial charge is 0.490 e. The van der Waals surface area contributed by atoms with Crippen LogP contribution in [0.2, 0.25) is 0 Å². The molecule has 2 N–H and O–H groups in total. The Hall–Kier alpha value is -2.70. The zero-order chi connectivity index (χ0) is 17.1. The van der Waals surface area contributed by atoms with Gasteiger partial charge >= 0.3 is 6.03 Å². The topological polar surface area (TPSA) is 83.8 Å². The maximum absolute atomic E-state index is 12.3. The molecule has 2 heterocycles. The summed E-state index contributed by atoms with van der Waals surface area (Å²) in [5.74, 6) is 1.19. The van der Waals surface area contributed by atoms with Gasteiger partial charge in [-0.1, -0.05) is 12.1 Å². The lowest BCUT2D eigenvalue weighted by Gasteiger charge is -2.27. The van der Waals surface area contributed by atoms with Gasteiger partial charge in [0.15, 0.2) is 11.3 Å². The molecule has 0 radical (unpaired) electrons. The first kappa shape index (κ1) is 16.2. The second-order valence-corrected chi connectivity index (χ2v) is 5.70. The van der Waals surface area contributed by atoms with Crippen molar-refractivity contribution in [3.05, 3.63) is 30.0 Å². The fourth-order valence-corrected chi connectivity index (χ4v) is 2.70. The quantitative estimate of drug-likeness (QED) is 0.898. The Morgan fingerprint density at radius 3 is 3.08 bits per heavy atom. The number of nitrogens with one attached hydrogen (secondary N) is 2. The molecule has 1 aliphatic heterocycles. The standard InChI is InChI=1S/C17H21N3O4/c1-3-23-13-6-4-5-12-9-14(24-16(12)13)11(2)19-17(22)20-8-7-18-15(21)10-20/h4-6,9,11H,3,7-8,10H2,1-2H3,(H,18,21)(H,19,22). The van der Waals surface area contributed by atoms with Crippen LogP contribution in [0.3, 0.4) is 0 Å². The molecule has 128 valence electrons. The summed E-state index contributed by atoms with van der Waals surface area (Å²) in [6.45, 7) is 5.37. The number of piperazine rings is 1. The van der Waals surface area contributed by atoms with E-state index in [9.17, 15) is 9.59 Å². The summed E-state index contributed by atoms with van der Waals surface area (Å²) in [6.07, 6.45) is 0. The van der Waals surface area contributed by atoms with Crippen LogP contribution in [0.25, 0.3) is 11.0 Å². The van der Waals surface area contributed by atoms with E-state index in [1.165, 1.54) is 4.90 Å². The van der Waals surface area contributed by atoms with Crippen LogP contribution < -0.4 is 15.4 Å². The third-order valence-corrected chi connectivity index (χ3v) is 3.92. The van der Waals surface area contributed by atoms with Crippen molar-refractivity contribution in [1.82, 2.24) is 15.5 Å². The van der Waals surface area contributed by atoms with E-state index in [0.29, 0.717) is 36.8 Å². The van der Waals surface area contributed by atoms with Crippen LogP contribution in [0.4, 0.5) is 4.79 Å². The molecule has 3 rings (SSSR count). The highest BCUT2D eigenvalue weighted by Crippen LogP contribution is 2.31. The molecule has 24 heavy (non-hydrogen) atoms. The van der Waals surface area contributed by atoms with Gasteiger partial charge in [-0.05, 0) is 26.0 Å². The number of furan rings is 1. The van der Waals surface area contributed by atoms with Crippen LogP contribution >= 0.6 is 0 Å². The van der Waals surface area contributed by atoms with Gasteiger partial charge in [-0.15, -0.1) is 0 Å². The van der Waals surface area contributed by atoms with E-state index in [1.54, 1.807) is 0 Å². The Labute approximate surface area is 139 Å². The van der Waals surface area contributed by atoms with Crippen molar-refractivity contribution in [2.24, 2.45) is 0 Å². The smallest absolute Gasteiger partial charge is 0.318 e. The molecule has 0 spiro atoms. The van der Waals surface area contributed by atoms with Crippen molar-refractivity contribution >= 4 is 22.9 Å². The van der Waals surface area contributed by atoms with Gasteiger partial charge in [0.2, 0.25) is 5.91 Å². The zero-order valence-electron chi connectivity index (χ0n) is 13.8. The number of amides is 3. The van der Waals surface area contributed by atoms with Crippen molar-refractivity contribution in [1.29, 1.82) is 0 Å². The Morgan fingerprint density at radius 2 is 2.33 bits per heavy atom. The third kappa shape index (κ3) is 3.29. The molecular formula is C17H21N3O4. The molecule has 1 saturated heterocycles. The number of hydrogen-bond acceptors (Lipinski definition) is 4. The van der Waals surface area contributed by atoms with Crippen molar-refractivity contribution < 1.29 is 18.7 Å². The van der Waals surface area contributed by atoms with Gasteiger partial charge < -0.3 is 24.7 Å². The Bertz CT molecular complexity index is 755. The van der Waals surface area contributed by atoms with Gasteiger partial charge in [-0.3, -0.25) is 4.79 Å². The summed E-state index contributed by atoms with van der Waals surface area (Å²) >= 11 is 0. The third-order valence-electron chi connectivity index (χ3n) is 3.92. The van der Waals surface area contributed by atoms with Crippen molar-refractivity contribution in [2.45, 2.75) is 19.9 Å². The van der Waals surface area contributed by atoms with Crippen LogP contribution in [-0.4, -0.2) is 43.1 Å². The minimum absolute atomic E-state index is 0.0766. The average molecular weight is 331 g/mol. The van der Waals surface area contributed by atoms with Crippen LogP contribution in [0.15, 0.2) is 28.7 Å². The Balaban J connectivity index is 1.73. The second-order valence-electron chi connectivity index (χ2n) is 5.70. The molecule has 1 atom stereocenters. The molecule has 2 aromatic rings. The number of carbonyl (C=O) groups excluding carboxylic acids is 2. The van der Waals surface area contributed by atoms with Crippen LogP contribution in [-0.2, 0) is 4.79 Å². The number of para-hydroxylation sites is 1. The van der Waals surface area contributed by atoms with Crippen molar-refractivity contribution in [3.63, 3.8) is 0 Å². The highest BCUT2D eigenvalue weighted by atomic mass is 16.5. The first-order chi connectivity index (χ1) is 11.6. The monoisotopic (exact) mass is 331 g/mol. The molecule has 1 aromatic carbocycles. The maximum Gasteiger partial charge on any atom is 0.318 e. The molecule has 7 heteroatoms. The zero-order valence-corrected chi connectivity index (χ0v) is 13.8. The van der Waals surface area contributed by atoms with E-state index in [2.05, 4.69) is 10.6 Å². The van der Waals surface area contributed by atoms with E-state index < -0.39 is 0 Å². The first-order valence-electron chi connectivity index (χ1n) is 8.06. The van der Waals surface area contributed by atoms with Crippen molar-refractivity contribution in [2.75, 3.05) is 26.2 Å². The normalized spacial score (nSPS) is 15.9. The van der Waals surface area contributed by atoms with E-state index in [0.717, 1.165) is 5.39 Å². The summed E-state index contributed by atoms with van der Waals surface area (Å²) in [4.78, 5) is 25.2. The van der Waals surface area contributed by atoms with Gasteiger partial charge in [-0.2, -0.15) is 0 Å². The number of rotatable bonds is 4. The lowest BCUT2D eigenvalue weighted by atomic mass is 10.2. The summed E-state index contributed by atoms with van der Waals surface area (Å²) in [5.41, 5.74) is 0.674. The molecule has 1 aromatic heterocycles. The SMILES string of the molecule is CCOc1cccc2cc(C(C)NC(=O)N3CCNC(=O)C3)oc12. The van der Waals surface area contributed by atoms with Crippen LogP contribution in [0.5, 0.6) is 5.75 Å². The summed E-state index contributed by atoms with van der Waals surface area (Å²) in [7, 11) is 0. The van der Waals surface area contributed by atoms with Crippen molar-refractivity contribution in [3.8, 4) is 5.75 Å². The number of hydrogen-bond donors (Lipinski definition) is 2. The number of benzene rings is 1. The van der Waals surface area contributed by atoms with Gasteiger partial charge in [0.1, 0.15) is 12.3 Å². The fraction of sp³-hybridized carbons (Fsp3) is 0.412. The van der Waals surface area contributed by atoms with Crippen LogP contribution in [0.1, 0.15) is 25.6 Å². The Kier molecular flexibility index (Phi) is 4.59. The minimum Gasteiger partial charge on any atom is -0.490 e. The lowest BCUT2D eigenvalue weighted by Crippen LogP contribution is -2.53. The highest BCUT2D eigenvalue weighted by Gasteiger charge is 2.23. The average Bonchev–Trinajstić information content (AvgIpc) is 3.00. The molecule has 0 bridgehead atoms. The molecule has 3 amide bonds. The summed E-state index contributed by atoms with van der Waals surface area (Å²) in [6, 6.07) is 7.00. The molecular weight excluding hydrogens is 310 g/mol. The second kappa shape index (κ2) is 6.82. The van der Waals surface area contributed by atoms with Crippen LogP contribution in [0, 0.1) is 0 Å². The fourth-order valence-electron chi connectivity index (χ4n) is 2.70. The Morgan fingerprint density at radius 1 is 1.50 bits per heavy atom. The highest BCUT2D eigenvalue weighted by molar-refractivity contribution is 5.86. The molecule has 0 saturated carbocycles. The predicted molar refractivity (Wildman–Crippen MR) is 88.9 cm³/mol. The minimum atomic E-state index is -0.315. The molecule has 1 fully saturated rings. The van der Waals surface area contributed by atoms with Gasteiger partial charge in [-0.25, -0.2) is 4.79 Å². The molecule has 7 nitrogen and oxygen atoms in total. The lowest BCUT2D eigenvalue weighted by molar-refractivity contribution is -0.123. The van der Waals surface area contributed by atoms with E-state index in [4.69, 9.17) is 9.15 Å². The number of ether oxygens (including phenoxy) is 1. The molecule has 1 aliphatic rings. The van der Waals surface area contributed by atoms with Gasteiger partial charge in [0, 0.05) is 18.5 Å². The van der Waals surface area contributed by atoms with E-state index in [1.807, 2.05) is 38.1 Å². The number of urea groups is 1. The number of fused-ring (bicyclic) bond motifs is 1. The summed E-state index contributed by atoms with van der Waals surface area (Å²) < 4.78 is 11.5. The van der Waals surface area contributed by atoms with Gasteiger partial charge in [0.05, 0.1) is 12.6 Å². The van der Waals surface area contributed by atoms with Gasteiger partial charge in [0.25, 0.3) is 0 Å². The summed E-state index contributed by atoms with van der Waals surface area (Å²) in [5, 5.41) is 6.49. The molecule has 0 aliphatic carbocycles. The van der Waals surface area contributed by atoms with E-state index >= 15 is 0 Å². The number of nitrogens with zero attached hydrogens (tertiary/aromatic N) is 1. The van der Waals surface area contributed by atoms with E-state index in [-0.39, 0.29) is 24.5 Å².